The van der Waals surface area contributed by atoms with Crippen LogP contribution in [0.4, 0.5) is 11.4 Å². The molecule has 9 nitrogen and oxygen atoms in total. The van der Waals surface area contributed by atoms with Crippen molar-refractivity contribution in [3.05, 3.63) is 28.3 Å². The van der Waals surface area contributed by atoms with Crippen molar-refractivity contribution in [2.24, 2.45) is 11.3 Å². The van der Waals surface area contributed by atoms with E-state index in [0.29, 0.717) is 25.2 Å². The van der Waals surface area contributed by atoms with Crippen LogP contribution in [-0.4, -0.2) is 53.6 Å². The van der Waals surface area contributed by atoms with Gasteiger partial charge in [0, 0.05) is 19.2 Å². The molecular weight excluding hydrogens is 342 g/mol. The summed E-state index contributed by atoms with van der Waals surface area (Å²) in [7, 11) is 1.37. The number of aliphatic carboxylic acids is 1. The van der Waals surface area contributed by atoms with Crippen molar-refractivity contribution in [3.8, 4) is 5.75 Å². The quantitative estimate of drug-likeness (QED) is 0.583. The second-order valence-corrected chi connectivity index (χ2v) is 6.91. The molecule has 1 heterocycles. The normalized spacial score (nSPS) is 24.9. The standard InChI is InChI=1S/C17H21N3O6/c1-26-14-7-12(20(24)25)4-5-13(14)18-15(21)9-19-8-11-3-2-6-17(11,10-19)16(22)23/h4-5,7,11H,2-3,6,8-10H2,1H3,(H,18,21)(H,22,23)/t11-,17+/m0/s1. The van der Waals surface area contributed by atoms with Gasteiger partial charge in [-0.05, 0) is 24.8 Å². The maximum Gasteiger partial charge on any atom is 0.311 e. The molecule has 1 aliphatic carbocycles. The van der Waals surface area contributed by atoms with Gasteiger partial charge in [-0.1, -0.05) is 6.42 Å². The van der Waals surface area contributed by atoms with Crippen LogP contribution in [0, 0.1) is 21.4 Å². The number of carboxylic acids is 1. The third-order valence-corrected chi connectivity index (χ3v) is 5.40. The summed E-state index contributed by atoms with van der Waals surface area (Å²) in [6.45, 7) is 1.04. The van der Waals surface area contributed by atoms with Crippen LogP contribution in [0.15, 0.2) is 18.2 Å². The number of carbonyl (C=O) groups excluding carboxylic acids is 1. The van der Waals surface area contributed by atoms with Gasteiger partial charge in [-0.25, -0.2) is 0 Å². The van der Waals surface area contributed by atoms with Crippen molar-refractivity contribution in [2.75, 3.05) is 32.1 Å². The van der Waals surface area contributed by atoms with Crippen LogP contribution in [0.1, 0.15) is 19.3 Å². The predicted molar refractivity (Wildman–Crippen MR) is 92.1 cm³/mol. The van der Waals surface area contributed by atoms with Gasteiger partial charge in [-0.15, -0.1) is 0 Å². The Morgan fingerprint density at radius 1 is 1.50 bits per heavy atom. The number of carboxylic acid groups (broad SMARTS) is 1. The number of benzene rings is 1. The molecule has 26 heavy (non-hydrogen) atoms. The molecule has 2 aliphatic rings. The number of ether oxygens (including phenoxy) is 1. The molecule has 0 radical (unpaired) electrons. The molecule has 9 heteroatoms. The zero-order valence-corrected chi connectivity index (χ0v) is 14.4. The molecule has 3 rings (SSSR count). The lowest BCUT2D eigenvalue weighted by Crippen LogP contribution is -2.37. The Morgan fingerprint density at radius 3 is 2.88 bits per heavy atom. The molecule has 1 aromatic carbocycles. The highest BCUT2D eigenvalue weighted by Gasteiger charge is 2.54. The van der Waals surface area contributed by atoms with Gasteiger partial charge in [0.1, 0.15) is 5.75 Å². The van der Waals surface area contributed by atoms with E-state index in [1.54, 1.807) is 0 Å². The molecule has 0 spiro atoms. The number of amides is 1. The number of nitrogens with zero attached hydrogens (tertiary/aromatic N) is 2. The maximum absolute atomic E-state index is 12.4. The molecule has 2 fully saturated rings. The Kier molecular flexibility index (Phi) is 4.82. The van der Waals surface area contributed by atoms with E-state index in [0.717, 1.165) is 12.8 Å². The summed E-state index contributed by atoms with van der Waals surface area (Å²) in [5, 5.41) is 23.1. The fraction of sp³-hybridized carbons (Fsp3) is 0.529. The van der Waals surface area contributed by atoms with E-state index >= 15 is 0 Å². The number of methoxy groups -OCH3 is 1. The van der Waals surface area contributed by atoms with E-state index in [2.05, 4.69) is 5.32 Å². The fourth-order valence-electron chi connectivity index (χ4n) is 4.15. The number of likely N-dealkylation sites (tertiary alicyclic amines) is 1. The van der Waals surface area contributed by atoms with Gasteiger partial charge in [0.25, 0.3) is 5.69 Å². The molecular formula is C17H21N3O6. The lowest BCUT2D eigenvalue weighted by molar-refractivity contribution is -0.384. The first kappa shape index (κ1) is 18.1. The average Bonchev–Trinajstić information content (AvgIpc) is 3.12. The largest absolute Gasteiger partial charge is 0.494 e. The summed E-state index contributed by atoms with van der Waals surface area (Å²) in [4.78, 5) is 36.2. The first-order valence-corrected chi connectivity index (χ1v) is 8.44. The highest BCUT2D eigenvalue weighted by atomic mass is 16.6. The minimum atomic E-state index is -0.778. The number of nitro benzene ring substituents is 1. The number of nitro groups is 1. The number of carbonyl (C=O) groups is 2. The molecule has 140 valence electrons. The number of fused-ring (bicyclic) bond motifs is 1. The summed E-state index contributed by atoms with van der Waals surface area (Å²) in [5.74, 6) is -0.799. The summed E-state index contributed by atoms with van der Waals surface area (Å²) in [6, 6.07) is 3.96. The maximum atomic E-state index is 12.4. The summed E-state index contributed by atoms with van der Waals surface area (Å²) in [5.41, 5.74) is -0.517. The van der Waals surface area contributed by atoms with Gasteiger partial charge in [-0.2, -0.15) is 0 Å². The van der Waals surface area contributed by atoms with E-state index in [1.165, 1.54) is 25.3 Å². The van der Waals surface area contributed by atoms with Crippen molar-refractivity contribution in [2.45, 2.75) is 19.3 Å². The summed E-state index contributed by atoms with van der Waals surface area (Å²) >= 11 is 0. The predicted octanol–water partition coefficient (Wildman–Crippen LogP) is 1.73. The van der Waals surface area contributed by atoms with Gasteiger partial charge in [0.2, 0.25) is 5.91 Å². The van der Waals surface area contributed by atoms with Crippen LogP contribution in [0.3, 0.4) is 0 Å². The Labute approximate surface area is 150 Å². The second kappa shape index (κ2) is 6.91. The van der Waals surface area contributed by atoms with Crippen molar-refractivity contribution < 1.29 is 24.4 Å². The van der Waals surface area contributed by atoms with Crippen LogP contribution in [0.5, 0.6) is 5.75 Å². The van der Waals surface area contributed by atoms with Gasteiger partial charge < -0.3 is 15.2 Å². The lowest BCUT2D eigenvalue weighted by atomic mass is 9.81. The number of nitrogens with one attached hydrogen (secondary N) is 1. The van der Waals surface area contributed by atoms with E-state index in [9.17, 15) is 24.8 Å². The molecule has 1 aliphatic heterocycles. The Balaban J connectivity index is 1.65. The molecule has 1 amide bonds. The minimum Gasteiger partial charge on any atom is -0.494 e. The molecule has 1 saturated heterocycles. The fourth-order valence-corrected chi connectivity index (χ4v) is 4.15. The van der Waals surface area contributed by atoms with E-state index in [-0.39, 0.29) is 29.8 Å². The number of hydrogen-bond acceptors (Lipinski definition) is 6. The minimum absolute atomic E-state index is 0.0751. The number of non-ortho nitro benzene ring substituents is 1. The van der Waals surface area contributed by atoms with Gasteiger partial charge in [0.05, 0.1) is 35.7 Å². The van der Waals surface area contributed by atoms with E-state index in [4.69, 9.17) is 4.74 Å². The molecule has 1 saturated carbocycles. The van der Waals surface area contributed by atoms with Crippen LogP contribution in [-0.2, 0) is 9.59 Å². The average molecular weight is 363 g/mol. The zero-order chi connectivity index (χ0) is 18.9. The third-order valence-electron chi connectivity index (χ3n) is 5.40. The van der Waals surface area contributed by atoms with Crippen molar-refractivity contribution in [3.63, 3.8) is 0 Å². The monoisotopic (exact) mass is 363 g/mol. The van der Waals surface area contributed by atoms with Crippen molar-refractivity contribution >= 4 is 23.3 Å². The smallest absolute Gasteiger partial charge is 0.311 e. The molecule has 0 unspecified atom stereocenters. The molecule has 0 aromatic heterocycles. The Morgan fingerprint density at radius 2 is 2.27 bits per heavy atom. The highest BCUT2D eigenvalue weighted by molar-refractivity contribution is 5.94. The first-order valence-electron chi connectivity index (χ1n) is 8.44. The molecule has 0 bridgehead atoms. The molecule has 2 N–H and O–H groups in total. The highest BCUT2D eigenvalue weighted by Crippen LogP contribution is 2.48. The van der Waals surface area contributed by atoms with Gasteiger partial charge >= 0.3 is 5.97 Å². The van der Waals surface area contributed by atoms with Crippen LogP contribution in [0.25, 0.3) is 0 Å². The summed E-state index contributed by atoms with van der Waals surface area (Å²) < 4.78 is 5.10. The molecule has 2 atom stereocenters. The number of hydrogen-bond donors (Lipinski definition) is 2. The van der Waals surface area contributed by atoms with Gasteiger partial charge in [0.15, 0.2) is 0 Å². The molecule has 1 aromatic rings. The Hall–Kier alpha value is -2.68. The van der Waals surface area contributed by atoms with E-state index in [1.807, 2.05) is 4.90 Å². The summed E-state index contributed by atoms with van der Waals surface area (Å²) in [6.07, 6.45) is 2.44. The number of anilines is 1. The van der Waals surface area contributed by atoms with Crippen LogP contribution >= 0.6 is 0 Å². The topological polar surface area (TPSA) is 122 Å². The SMILES string of the molecule is COc1cc([N+](=O)[O-])ccc1NC(=O)CN1C[C@@H]2CCC[C@@]2(C(=O)O)C1. The second-order valence-electron chi connectivity index (χ2n) is 6.91. The lowest BCUT2D eigenvalue weighted by Gasteiger charge is -2.23. The van der Waals surface area contributed by atoms with Crippen LogP contribution < -0.4 is 10.1 Å². The third kappa shape index (κ3) is 3.22. The van der Waals surface area contributed by atoms with Crippen LogP contribution in [0.2, 0.25) is 0 Å². The first-order chi connectivity index (χ1) is 12.4. The van der Waals surface area contributed by atoms with Crippen molar-refractivity contribution in [1.29, 1.82) is 0 Å². The van der Waals surface area contributed by atoms with Crippen molar-refractivity contribution in [1.82, 2.24) is 4.90 Å². The number of rotatable bonds is 6. The zero-order valence-electron chi connectivity index (χ0n) is 14.4. The van der Waals surface area contributed by atoms with Gasteiger partial charge in [-0.3, -0.25) is 24.6 Å². The Bertz CT molecular complexity index is 752. The van der Waals surface area contributed by atoms with E-state index < -0.39 is 16.3 Å².